The highest BCUT2D eigenvalue weighted by atomic mass is 19.1. The number of fused-ring (bicyclic) bond motifs is 1. The van der Waals surface area contributed by atoms with Gasteiger partial charge in [-0.25, -0.2) is 9.37 Å². The van der Waals surface area contributed by atoms with Crippen molar-refractivity contribution in [3.63, 3.8) is 0 Å². The van der Waals surface area contributed by atoms with E-state index in [1.165, 1.54) is 6.07 Å². The summed E-state index contributed by atoms with van der Waals surface area (Å²) in [5.74, 6) is -0.282. The molecule has 0 bridgehead atoms. The van der Waals surface area contributed by atoms with E-state index in [9.17, 15) is 4.39 Å². The van der Waals surface area contributed by atoms with Gasteiger partial charge in [-0.2, -0.15) is 0 Å². The molecule has 0 aliphatic rings. The van der Waals surface area contributed by atoms with E-state index in [1.807, 2.05) is 6.20 Å². The number of ether oxygens (including phenoxy) is 1. The minimum Gasteiger partial charge on any atom is -0.385 e. The van der Waals surface area contributed by atoms with E-state index < -0.39 is 0 Å². The first-order valence-electron chi connectivity index (χ1n) is 4.92. The summed E-state index contributed by atoms with van der Waals surface area (Å²) >= 11 is 0. The van der Waals surface area contributed by atoms with Gasteiger partial charge in [-0.05, 0) is 25.0 Å². The molecular formula is C11H13FN2O. The fourth-order valence-electron chi connectivity index (χ4n) is 1.61. The van der Waals surface area contributed by atoms with Crippen LogP contribution in [-0.2, 0) is 11.2 Å². The van der Waals surface area contributed by atoms with Gasteiger partial charge >= 0.3 is 0 Å². The second-order valence-electron chi connectivity index (χ2n) is 3.40. The van der Waals surface area contributed by atoms with Crippen molar-refractivity contribution in [1.82, 2.24) is 9.38 Å². The topological polar surface area (TPSA) is 26.5 Å². The molecule has 15 heavy (non-hydrogen) atoms. The Hall–Kier alpha value is -1.42. The lowest BCUT2D eigenvalue weighted by molar-refractivity contribution is 0.195. The largest absolute Gasteiger partial charge is 0.385 e. The summed E-state index contributed by atoms with van der Waals surface area (Å²) in [4.78, 5) is 4.04. The molecule has 0 aromatic carbocycles. The van der Waals surface area contributed by atoms with Crippen molar-refractivity contribution in [2.75, 3.05) is 13.7 Å². The van der Waals surface area contributed by atoms with Gasteiger partial charge in [-0.1, -0.05) is 0 Å². The molecule has 4 heteroatoms. The first kappa shape index (κ1) is 10.1. The fraction of sp³-hybridized carbons (Fsp3) is 0.364. The number of hydrogen-bond acceptors (Lipinski definition) is 2. The zero-order valence-electron chi connectivity index (χ0n) is 8.61. The van der Waals surface area contributed by atoms with E-state index in [0.29, 0.717) is 12.3 Å². The third kappa shape index (κ3) is 1.99. The molecule has 2 aromatic rings. The highest BCUT2D eigenvalue weighted by Crippen LogP contribution is 2.11. The fourth-order valence-corrected chi connectivity index (χ4v) is 1.61. The second-order valence-corrected chi connectivity index (χ2v) is 3.40. The predicted octanol–water partition coefficient (Wildman–Crippen LogP) is 2.05. The number of halogens is 1. The number of aryl methyl sites for hydroxylation is 1. The number of nitrogens with zero attached hydrogens (tertiary/aromatic N) is 2. The highest BCUT2D eigenvalue weighted by Gasteiger charge is 2.05. The molecular weight excluding hydrogens is 195 g/mol. The Morgan fingerprint density at radius 3 is 3.20 bits per heavy atom. The Balaban J connectivity index is 2.25. The van der Waals surface area contributed by atoms with Crippen molar-refractivity contribution >= 4 is 5.65 Å². The van der Waals surface area contributed by atoms with Gasteiger partial charge < -0.3 is 9.14 Å². The molecule has 80 valence electrons. The van der Waals surface area contributed by atoms with Crippen LogP contribution in [0, 0.1) is 5.82 Å². The minimum absolute atomic E-state index is 0.282. The summed E-state index contributed by atoms with van der Waals surface area (Å²) in [6.45, 7) is 0.711. The Kier molecular flexibility index (Phi) is 2.97. The maximum Gasteiger partial charge on any atom is 0.173 e. The summed E-state index contributed by atoms with van der Waals surface area (Å²) in [6, 6.07) is 3.10. The van der Waals surface area contributed by atoms with Gasteiger partial charge in [0.05, 0.1) is 0 Å². The zero-order valence-corrected chi connectivity index (χ0v) is 8.61. The van der Waals surface area contributed by atoms with E-state index in [0.717, 1.165) is 18.5 Å². The zero-order chi connectivity index (χ0) is 10.7. The van der Waals surface area contributed by atoms with Crippen molar-refractivity contribution in [2.24, 2.45) is 0 Å². The molecule has 0 aliphatic carbocycles. The van der Waals surface area contributed by atoms with Crippen LogP contribution in [0.4, 0.5) is 4.39 Å². The van der Waals surface area contributed by atoms with Gasteiger partial charge in [0.25, 0.3) is 0 Å². The van der Waals surface area contributed by atoms with Crippen LogP contribution < -0.4 is 0 Å². The average molecular weight is 208 g/mol. The number of aromatic nitrogens is 2. The van der Waals surface area contributed by atoms with Crippen LogP contribution in [-0.4, -0.2) is 23.1 Å². The van der Waals surface area contributed by atoms with Crippen LogP contribution in [0.5, 0.6) is 0 Å². The molecule has 2 aromatic heterocycles. The SMILES string of the molecule is COCCCc1cnc2c(F)cccn12. The number of rotatable bonds is 4. The van der Waals surface area contributed by atoms with Crippen LogP contribution in [0.2, 0.25) is 0 Å². The molecule has 0 radical (unpaired) electrons. The van der Waals surface area contributed by atoms with E-state index in [2.05, 4.69) is 4.98 Å². The third-order valence-electron chi connectivity index (χ3n) is 2.35. The molecule has 0 aliphatic heterocycles. The van der Waals surface area contributed by atoms with Gasteiger partial charge in [0.15, 0.2) is 11.5 Å². The summed E-state index contributed by atoms with van der Waals surface area (Å²) < 4.78 is 20.0. The summed E-state index contributed by atoms with van der Waals surface area (Å²) in [5, 5.41) is 0. The van der Waals surface area contributed by atoms with Crippen molar-refractivity contribution in [3.05, 3.63) is 36.0 Å². The first-order valence-corrected chi connectivity index (χ1v) is 4.92. The molecule has 0 spiro atoms. The van der Waals surface area contributed by atoms with E-state index in [4.69, 9.17) is 4.74 Å². The normalized spacial score (nSPS) is 11.1. The Morgan fingerprint density at radius 2 is 2.40 bits per heavy atom. The summed E-state index contributed by atoms with van der Waals surface area (Å²) in [6.07, 6.45) is 5.31. The summed E-state index contributed by atoms with van der Waals surface area (Å²) in [5.41, 5.74) is 1.41. The van der Waals surface area contributed by atoms with Crippen LogP contribution in [0.1, 0.15) is 12.1 Å². The smallest absolute Gasteiger partial charge is 0.173 e. The van der Waals surface area contributed by atoms with Crippen LogP contribution in [0.25, 0.3) is 5.65 Å². The molecule has 0 N–H and O–H groups in total. The predicted molar refractivity (Wildman–Crippen MR) is 55.3 cm³/mol. The number of methoxy groups -OCH3 is 1. The lowest BCUT2D eigenvalue weighted by Gasteiger charge is -2.01. The van der Waals surface area contributed by atoms with Crippen LogP contribution in [0.15, 0.2) is 24.5 Å². The third-order valence-corrected chi connectivity index (χ3v) is 2.35. The van der Waals surface area contributed by atoms with E-state index in [-0.39, 0.29) is 5.82 Å². The van der Waals surface area contributed by atoms with E-state index >= 15 is 0 Å². The van der Waals surface area contributed by atoms with Crippen molar-refractivity contribution in [2.45, 2.75) is 12.8 Å². The first-order chi connectivity index (χ1) is 7.33. The van der Waals surface area contributed by atoms with Crippen molar-refractivity contribution < 1.29 is 9.13 Å². The Morgan fingerprint density at radius 1 is 1.53 bits per heavy atom. The molecule has 0 saturated heterocycles. The molecule has 0 fully saturated rings. The minimum atomic E-state index is -0.282. The van der Waals surface area contributed by atoms with Gasteiger partial charge in [-0.3, -0.25) is 0 Å². The second kappa shape index (κ2) is 4.40. The summed E-state index contributed by atoms with van der Waals surface area (Å²) in [7, 11) is 1.67. The molecule has 0 saturated carbocycles. The molecule has 0 amide bonds. The Labute approximate surface area is 87.5 Å². The monoisotopic (exact) mass is 208 g/mol. The molecule has 3 nitrogen and oxygen atoms in total. The lowest BCUT2D eigenvalue weighted by atomic mass is 10.2. The molecule has 2 rings (SSSR count). The lowest BCUT2D eigenvalue weighted by Crippen LogP contribution is -1.97. The van der Waals surface area contributed by atoms with Crippen LogP contribution in [0.3, 0.4) is 0 Å². The standard InChI is InChI=1S/C11H13FN2O/c1-15-7-3-4-9-8-13-11-10(12)5-2-6-14(9)11/h2,5-6,8H,3-4,7H2,1H3. The molecule has 0 atom stereocenters. The number of pyridine rings is 1. The van der Waals surface area contributed by atoms with E-state index in [1.54, 1.807) is 23.8 Å². The number of imidazole rings is 1. The van der Waals surface area contributed by atoms with Crippen LogP contribution >= 0.6 is 0 Å². The molecule has 2 heterocycles. The maximum atomic E-state index is 13.3. The number of hydrogen-bond donors (Lipinski definition) is 0. The van der Waals surface area contributed by atoms with Gasteiger partial charge in [0.2, 0.25) is 0 Å². The highest BCUT2D eigenvalue weighted by molar-refractivity contribution is 5.41. The maximum absolute atomic E-state index is 13.3. The Bertz CT molecular complexity index is 453. The average Bonchev–Trinajstić information content (AvgIpc) is 2.64. The van der Waals surface area contributed by atoms with Crippen molar-refractivity contribution in [1.29, 1.82) is 0 Å². The van der Waals surface area contributed by atoms with Gasteiger partial charge in [0.1, 0.15) is 0 Å². The quantitative estimate of drug-likeness (QED) is 0.719. The molecule has 0 unspecified atom stereocenters. The van der Waals surface area contributed by atoms with Gasteiger partial charge in [0, 0.05) is 31.8 Å². The van der Waals surface area contributed by atoms with Crippen molar-refractivity contribution in [3.8, 4) is 0 Å². The van der Waals surface area contributed by atoms with Gasteiger partial charge in [-0.15, -0.1) is 0 Å².